The summed E-state index contributed by atoms with van der Waals surface area (Å²) in [7, 11) is 1.63. The molecule has 16 heavy (non-hydrogen) atoms. The van der Waals surface area contributed by atoms with Crippen molar-refractivity contribution in [2.45, 2.75) is 19.8 Å². The molecular formula is C13H16N2O. The van der Waals surface area contributed by atoms with Gasteiger partial charge in [-0.3, -0.25) is 4.79 Å². The molecule has 0 heterocycles. The van der Waals surface area contributed by atoms with E-state index in [-0.39, 0.29) is 12.5 Å². The van der Waals surface area contributed by atoms with Crippen molar-refractivity contribution in [2.75, 3.05) is 13.6 Å². The van der Waals surface area contributed by atoms with Gasteiger partial charge >= 0.3 is 0 Å². The van der Waals surface area contributed by atoms with Crippen molar-refractivity contribution in [3.05, 3.63) is 35.4 Å². The van der Waals surface area contributed by atoms with Gasteiger partial charge in [-0.05, 0) is 23.6 Å². The lowest BCUT2D eigenvalue weighted by Crippen LogP contribution is -2.26. The van der Waals surface area contributed by atoms with Gasteiger partial charge in [0.05, 0.1) is 6.07 Å². The number of nitrogens with zero attached hydrogens (tertiary/aromatic N) is 2. The molecule has 0 aliphatic rings. The van der Waals surface area contributed by atoms with E-state index in [4.69, 9.17) is 5.26 Å². The average molecular weight is 216 g/mol. The predicted molar refractivity (Wildman–Crippen MR) is 63.1 cm³/mol. The molecule has 1 aromatic carbocycles. The van der Waals surface area contributed by atoms with Crippen LogP contribution in [0.5, 0.6) is 0 Å². The van der Waals surface area contributed by atoms with Gasteiger partial charge in [-0.15, -0.1) is 0 Å². The molecule has 0 unspecified atom stereocenters. The van der Waals surface area contributed by atoms with E-state index in [0.29, 0.717) is 11.5 Å². The Labute approximate surface area is 96.3 Å². The van der Waals surface area contributed by atoms with E-state index in [0.717, 1.165) is 0 Å². The Morgan fingerprint density at radius 2 is 1.94 bits per heavy atom. The number of carbonyl (C=O) groups excluding carboxylic acids is 1. The zero-order valence-corrected chi connectivity index (χ0v) is 9.90. The van der Waals surface area contributed by atoms with Crippen LogP contribution in [-0.4, -0.2) is 24.4 Å². The van der Waals surface area contributed by atoms with Gasteiger partial charge in [-0.25, -0.2) is 0 Å². The molecule has 1 aromatic rings. The van der Waals surface area contributed by atoms with Gasteiger partial charge in [-0.1, -0.05) is 26.0 Å². The minimum absolute atomic E-state index is 0.114. The number of benzene rings is 1. The minimum atomic E-state index is -0.114. The number of amides is 1. The van der Waals surface area contributed by atoms with Gasteiger partial charge in [0.1, 0.15) is 6.54 Å². The second-order valence-electron chi connectivity index (χ2n) is 4.10. The maximum absolute atomic E-state index is 11.8. The van der Waals surface area contributed by atoms with Crippen LogP contribution in [0.4, 0.5) is 0 Å². The highest BCUT2D eigenvalue weighted by molar-refractivity contribution is 5.94. The van der Waals surface area contributed by atoms with Gasteiger partial charge in [0, 0.05) is 12.6 Å². The van der Waals surface area contributed by atoms with Gasteiger partial charge in [-0.2, -0.15) is 5.26 Å². The number of hydrogen-bond donors (Lipinski definition) is 0. The number of carbonyl (C=O) groups is 1. The molecule has 0 bridgehead atoms. The Morgan fingerprint density at radius 3 is 2.38 bits per heavy atom. The molecule has 0 saturated heterocycles. The van der Waals surface area contributed by atoms with Crippen molar-refractivity contribution < 1.29 is 4.79 Å². The lowest BCUT2D eigenvalue weighted by molar-refractivity contribution is 0.0812. The van der Waals surface area contributed by atoms with E-state index < -0.39 is 0 Å². The summed E-state index contributed by atoms with van der Waals surface area (Å²) in [6, 6.07) is 9.49. The average Bonchev–Trinajstić information content (AvgIpc) is 2.28. The molecule has 1 rings (SSSR count). The second-order valence-corrected chi connectivity index (χ2v) is 4.10. The molecule has 0 atom stereocenters. The first kappa shape index (κ1) is 12.3. The van der Waals surface area contributed by atoms with Crippen molar-refractivity contribution in [1.82, 2.24) is 4.90 Å². The largest absolute Gasteiger partial charge is 0.328 e. The third-order valence-electron chi connectivity index (χ3n) is 2.48. The van der Waals surface area contributed by atoms with Crippen LogP contribution in [0.15, 0.2) is 24.3 Å². The first-order valence-electron chi connectivity index (χ1n) is 5.28. The first-order chi connectivity index (χ1) is 7.56. The minimum Gasteiger partial charge on any atom is -0.328 e. The van der Waals surface area contributed by atoms with Crippen LogP contribution in [0.1, 0.15) is 35.7 Å². The summed E-state index contributed by atoms with van der Waals surface area (Å²) in [5.41, 5.74) is 1.83. The number of hydrogen-bond acceptors (Lipinski definition) is 2. The standard InChI is InChI=1S/C13H16N2O/c1-10(2)11-4-6-12(7-5-11)13(16)15(3)9-8-14/h4-7,10H,9H2,1-3H3. The predicted octanol–water partition coefficient (Wildman–Crippen LogP) is 2.41. The summed E-state index contributed by atoms with van der Waals surface area (Å²) < 4.78 is 0. The highest BCUT2D eigenvalue weighted by atomic mass is 16.2. The quantitative estimate of drug-likeness (QED) is 0.728. The Balaban J connectivity index is 2.82. The number of nitriles is 1. The zero-order valence-electron chi connectivity index (χ0n) is 9.90. The fraction of sp³-hybridized carbons (Fsp3) is 0.385. The Kier molecular flexibility index (Phi) is 4.07. The highest BCUT2D eigenvalue weighted by Crippen LogP contribution is 2.15. The van der Waals surface area contributed by atoms with Crippen molar-refractivity contribution in [2.24, 2.45) is 0 Å². The molecule has 0 radical (unpaired) electrons. The van der Waals surface area contributed by atoms with E-state index in [1.807, 2.05) is 30.3 Å². The van der Waals surface area contributed by atoms with Crippen LogP contribution in [-0.2, 0) is 0 Å². The van der Waals surface area contributed by atoms with Crippen molar-refractivity contribution in [1.29, 1.82) is 5.26 Å². The smallest absolute Gasteiger partial charge is 0.254 e. The Bertz CT molecular complexity index is 401. The first-order valence-corrected chi connectivity index (χ1v) is 5.28. The fourth-order valence-electron chi connectivity index (χ4n) is 1.41. The molecule has 0 N–H and O–H groups in total. The third-order valence-corrected chi connectivity index (χ3v) is 2.48. The Morgan fingerprint density at radius 1 is 1.38 bits per heavy atom. The lowest BCUT2D eigenvalue weighted by atomic mass is 10.0. The maximum Gasteiger partial charge on any atom is 0.254 e. The van der Waals surface area contributed by atoms with Crippen molar-refractivity contribution in [3.63, 3.8) is 0 Å². The number of rotatable bonds is 3. The molecule has 0 aliphatic heterocycles. The monoisotopic (exact) mass is 216 g/mol. The normalized spacial score (nSPS) is 9.94. The van der Waals surface area contributed by atoms with Crippen LogP contribution in [0, 0.1) is 11.3 Å². The van der Waals surface area contributed by atoms with Crippen LogP contribution in [0.3, 0.4) is 0 Å². The van der Waals surface area contributed by atoms with E-state index in [1.165, 1.54) is 10.5 Å². The Hall–Kier alpha value is -1.82. The SMILES string of the molecule is CC(C)c1ccc(C(=O)N(C)CC#N)cc1. The molecule has 0 spiro atoms. The van der Waals surface area contributed by atoms with Crippen LogP contribution in [0.2, 0.25) is 0 Å². The maximum atomic E-state index is 11.8. The van der Waals surface area contributed by atoms with Gasteiger partial charge < -0.3 is 4.90 Å². The third kappa shape index (κ3) is 2.83. The molecule has 0 aromatic heterocycles. The van der Waals surface area contributed by atoms with E-state index in [1.54, 1.807) is 7.05 Å². The van der Waals surface area contributed by atoms with Gasteiger partial charge in [0.15, 0.2) is 0 Å². The molecule has 3 nitrogen and oxygen atoms in total. The molecular weight excluding hydrogens is 200 g/mol. The summed E-state index contributed by atoms with van der Waals surface area (Å²) in [4.78, 5) is 13.2. The van der Waals surface area contributed by atoms with E-state index in [2.05, 4.69) is 13.8 Å². The molecule has 0 saturated carbocycles. The summed E-state index contributed by atoms with van der Waals surface area (Å²) in [6.45, 7) is 4.34. The summed E-state index contributed by atoms with van der Waals surface area (Å²) in [6.07, 6.45) is 0. The summed E-state index contributed by atoms with van der Waals surface area (Å²) in [5.74, 6) is 0.345. The molecule has 3 heteroatoms. The highest BCUT2D eigenvalue weighted by Gasteiger charge is 2.10. The van der Waals surface area contributed by atoms with Crippen molar-refractivity contribution >= 4 is 5.91 Å². The zero-order chi connectivity index (χ0) is 12.1. The van der Waals surface area contributed by atoms with Gasteiger partial charge in [0.2, 0.25) is 0 Å². The molecule has 1 amide bonds. The fourth-order valence-corrected chi connectivity index (χ4v) is 1.41. The molecule has 0 fully saturated rings. The summed E-state index contributed by atoms with van der Waals surface area (Å²) >= 11 is 0. The van der Waals surface area contributed by atoms with Crippen molar-refractivity contribution in [3.8, 4) is 6.07 Å². The van der Waals surface area contributed by atoms with Gasteiger partial charge in [0.25, 0.3) is 5.91 Å². The second kappa shape index (κ2) is 5.32. The summed E-state index contributed by atoms with van der Waals surface area (Å²) in [5, 5.41) is 8.51. The van der Waals surface area contributed by atoms with E-state index >= 15 is 0 Å². The molecule has 0 aliphatic carbocycles. The topological polar surface area (TPSA) is 44.1 Å². The van der Waals surface area contributed by atoms with E-state index in [9.17, 15) is 4.79 Å². The van der Waals surface area contributed by atoms with Crippen LogP contribution in [0.25, 0.3) is 0 Å². The molecule has 84 valence electrons. The lowest BCUT2D eigenvalue weighted by Gasteiger charge is -2.13. The van der Waals surface area contributed by atoms with Crippen LogP contribution >= 0.6 is 0 Å². The van der Waals surface area contributed by atoms with Crippen LogP contribution < -0.4 is 0 Å².